The molecule has 0 heterocycles. The zero-order valence-electron chi connectivity index (χ0n) is 10.9. The molecule has 17 heavy (non-hydrogen) atoms. The third-order valence-corrected chi connectivity index (χ3v) is 3.14. The Morgan fingerprint density at radius 3 is 2.24 bits per heavy atom. The monoisotopic (exact) mass is 266 g/mol. The van der Waals surface area contributed by atoms with E-state index in [-0.39, 0.29) is 18.3 Å². The van der Waals surface area contributed by atoms with Gasteiger partial charge in [0.25, 0.3) is 10.1 Å². The first-order valence-electron chi connectivity index (χ1n) is 5.79. The van der Waals surface area contributed by atoms with Crippen molar-refractivity contribution in [2.75, 3.05) is 13.4 Å². The van der Waals surface area contributed by atoms with Crippen molar-refractivity contribution in [3.8, 4) is 0 Å². The molecule has 0 aliphatic heterocycles. The van der Waals surface area contributed by atoms with Crippen molar-refractivity contribution in [2.45, 2.75) is 45.6 Å². The van der Waals surface area contributed by atoms with E-state index in [0.717, 1.165) is 19.1 Å². The van der Waals surface area contributed by atoms with Crippen molar-refractivity contribution in [1.29, 1.82) is 0 Å². The first kappa shape index (κ1) is 16.4. The molecule has 0 aliphatic rings. The van der Waals surface area contributed by atoms with Crippen molar-refractivity contribution in [3.05, 3.63) is 0 Å². The summed E-state index contributed by atoms with van der Waals surface area (Å²) in [4.78, 5) is 11.3. The maximum atomic E-state index is 11.3. The number of rotatable bonds is 8. The van der Waals surface area contributed by atoms with Crippen LogP contribution in [0.2, 0.25) is 0 Å². The number of hydrogen-bond donors (Lipinski definition) is 0. The molecule has 0 aromatic heterocycles. The van der Waals surface area contributed by atoms with Gasteiger partial charge in [0.15, 0.2) is 0 Å². The average Bonchev–Trinajstić information content (AvgIpc) is 2.23. The highest BCUT2D eigenvalue weighted by Crippen LogP contribution is 2.23. The Bertz CT molecular complexity index is 323. The topological polar surface area (TPSA) is 69.7 Å². The molecule has 0 saturated carbocycles. The average molecular weight is 266 g/mol. The van der Waals surface area contributed by atoms with Crippen LogP contribution in [0.4, 0.5) is 0 Å². The lowest BCUT2D eigenvalue weighted by molar-refractivity contribution is -0.142. The van der Waals surface area contributed by atoms with Crippen molar-refractivity contribution >= 4 is 16.1 Å². The van der Waals surface area contributed by atoms with Crippen molar-refractivity contribution in [1.82, 2.24) is 0 Å². The first-order chi connectivity index (χ1) is 7.84. The summed E-state index contributed by atoms with van der Waals surface area (Å²) in [5.41, 5.74) is 0. The molecule has 0 amide bonds. The quantitative estimate of drug-likeness (QED) is 0.494. The Balaban J connectivity index is 4.67. The van der Waals surface area contributed by atoms with Gasteiger partial charge >= 0.3 is 5.97 Å². The Kier molecular flexibility index (Phi) is 7.38. The van der Waals surface area contributed by atoms with Gasteiger partial charge in [-0.15, -0.1) is 0 Å². The summed E-state index contributed by atoms with van der Waals surface area (Å²) in [6.45, 7) is 3.83. The van der Waals surface area contributed by atoms with Crippen LogP contribution in [-0.2, 0) is 23.8 Å². The minimum Gasteiger partial charge on any atom is -0.469 e. The standard InChI is InChI=1S/C11H22O5S/c1-5-7-9(8-11(12)15-3)10(6-2)16-17(4,13)14/h9-10H,5-8H2,1-4H3. The first-order valence-corrected chi connectivity index (χ1v) is 7.60. The molecule has 0 saturated heterocycles. The van der Waals surface area contributed by atoms with Crippen molar-refractivity contribution in [2.24, 2.45) is 5.92 Å². The van der Waals surface area contributed by atoms with Crippen molar-refractivity contribution in [3.63, 3.8) is 0 Å². The third kappa shape index (κ3) is 7.33. The number of carbonyl (C=O) groups is 1. The van der Waals surface area contributed by atoms with Crippen LogP contribution >= 0.6 is 0 Å². The lowest BCUT2D eigenvalue weighted by Crippen LogP contribution is -2.28. The fraction of sp³-hybridized carbons (Fsp3) is 0.909. The zero-order chi connectivity index (χ0) is 13.5. The predicted octanol–water partition coefficient (Wildman–Crippen LogP) is 1.72. The fourth-order valence-corrected chi connectivity index (χ4v) is 2.53. The highest BCUT2D eigenvalue weighted by molar-refractivity contribution is 7.86. The third-order valence-electron chi connectivity index (χ3n) is 2.54. The van der Waals surface area contributed by atoms with Crippen LogP contribution in [0, 0.1) is 5.92 Å². The van der Waals surface area contributed by atoms with E-state index in [9.17, 15) is 13.2 Å². The van der Waals surface area contributed by atoms with Gasteiger partial charge in [-0.05, 0) is 18.8 Å². The molecule has 0 radical (unpaired) electrons. The maximum absolute atomic E-state index is 11.3. The van der Waals surface area contributed by atoms with Crippen LogP contribution in [0.5, 0.6) is 0 Å². The minimum absolute atomic E-state index is 0.118. The van der Waals surface area contributed by atoms with Crippen LogP contribution in [0.15, 0.2) is 0 Å². The van der Waals surface area contributed by atoms with Crippen LogP contribution in [0.3, 0.4) is 0 Å². The van der Waals surface area contributed by atoms with E-state index >= 15 is 0 Å². The van der Waals surface area contributed by atoms with E-state index < -0.39 is 16.2 Å². The molecule has 2 unspecified atom stereocenters. The Morgan fingerprint density at radius 1 is 1.29 bits per heavy atom. The van der Waals surface area contributed by atoms with E-state index in [4.69, 9.17) is 4.18 Å². The van der Waals surface area contributed by atoms with Gasteiger partial charge in [0.2, 0.25) is 0 Å². The molecular formula is C11H22O5S. The molecule has 5 nitrogen and oxygen atoms in total. The van der Waals surface area contributed by atoms with Gasteiger partial charge < -0.3 is 4.74 Å². The van der Waals surface area contributed by atoms with Gasteiger partial charge in [-0.25, -0.2) is 0 Å². The fourth-order valence-electron chi connectivity index (χ4n) is 1.79. The molecule has 2 atom stereocenters. The highest BCUT2D eigenvalue weighted by atomic mass is 32.2. The molecule has 0 aromatic rings. The number of hydrogen-bond acceptors (Lipinski definition) is 5. The van der Waals surface area contributed by atoms with Crippen LogP contribution in [-0.4, -0.2) is 33.9 Å². The number of carbonyl (C=O) groups excluding carboxylic acids is 1. The van der Waals surface area contributed by atoms with Gasteiger partial charge in [-0.1, -0.05) is 20.3 Å². The van der Waals surface area contributed by atoms with Crippen molar-refractivity contribution < 1.29 is 22.1 Å². The molecule has 0 N–H and O–H groups in total. The second-order valence-electron chi connectivity index (χ2n) is 4.08. The Morgan fingerprint density at radius 2 is 1.88 bits per heavy atom. The predicted molar refractivity (Wildman–Crippen MR) is 65.0 cm³/mol. The molecule has 0 aromatic carbocycles. The van der Waals surface area contributed by atoms with E-state index in [1.807, 2.05) is 13.8 Å². The summed E-state index contributed by atoms with van der Waals surface area (Å²) in [6, 6.07) is 0. The second-order valence-corrected chi connectivity index (χ2v) is 5.68. The second kappa shape index (κ2) is 7.66. The highest BCUT2D eigenvalue weighted by Gasteiger charge is 2.26. The molecular weight excluding hydrogens is 244 g/mol. The molecule has 0 spiro atoms. The number of methoxy groups -OCH3 is 1. The normalized spacial score (nSPS) is 15.3. The van der Waals surface area contributed by atoms with Crippen LogP contribution in [0.25, 0.3) is 0 Å². The SMILES string of the molecule is CCCC(CC(=O)OC)C(CC)OS(C)(=O)=O. The largest absolute Gasteiger partial charge is 0.469 e. The van der Waals surface area contributed by atoms with Gasteiger partial charge in [0.05, 0.1) is 25.9 Å². The minimum atomic E-state index is -3.49. The summed E-state index contributed by atoms with van der Waals surface area (Å²) in [5, 5.41) is 0. The lowest BCUT2D eigenvalue weighted by Gasteiger charge is -2.24. The molecule has 0 fully saturated rings. The maximum Gasteiger partial charge on any atom is 0.305 e. The van der Waals surface area contributed by atoms with E-state index in [0.29, 0.717) is 6.42 Å². The van der Waals surface area contributed by atoms with Gasteiger partial charge in [-0.2, -0.15) is 8.42 Å². The summed E-state index contributed by atoms with van der Waals surface area (Å²) in [5.74, 6) is -0.453. The smallest absolute Gasteiger partial charge is 0.305 e. The van der Waals surface area contributed by atoms with Gasteiger partial charge in [0, 0.05) is 0 Å². The van der Waals surface area contributed by atoms with E-state index in [2.05, 4.69) is 4.74 Å². The van der Waals surface area contributed by atoms with Gasteiger partial charge in [-0.3, -0.25) is 8.98 Å². The number of esters is 1. The molecule has 0 bridgehead atoms. The van der Waals surface area contributed by atoms with Crippen LogP contribution in [0.1, 0.15) is 39.5 Å². The van der Waals surface area contributed by atoms with Gasteiger partial charge in [0.1, 0.15) is 0 Å². The molecule has 0 aliphatic carbocycles. The van der Waals surface area contributed by atoms with E-state index in [1.54, 1.807) is 0 Å². The number of ether oxygens (including phenoxy) is 1. The molecule has 0 rings (SSSR count). The summed E-state index contributed by atoms with van der Waals surface area (Å²) in [7, 11) is -2.17. The summed E-state index contributed by atoms with van der Waals surface area (Å²) < 4.78 is 31.9. The summed E-state index contributed by atoms with van der Waals surface area (Å²) in [6.07, 6.45) is 2.92. The van der Waals surface area contributed by atoms with Crippen LogP contribution < -0.4 is 0 Å². The van der Waals surface area contributed by atoms with E-state index in [1.165, 1.54) is 7.11 Å². The Labute approximate surface area is 104 Å². The molecule has 102 valence electrons. The lowest BCUT2D eigenvalue weighted by atomic mass is 9.92. The summed E-state index contributed by atoms with van der Waals surface area (Å²) >= 11 is 0. The zero-order valence-corrected chi connectivity index (χ0v) is 11.7. The Hall–Kier alpha value is -0.620. The molecule has 6 heteroatoms.